The number of aliphatic carboxylic acids is 1. The summed E-state index contributed by atoms with van der Waals surface area (Å²) in [5.41, 5.74) is 5.67. The van der Waals surface area contributed by atoms with Gasteiger partial charge >= 0.3 is 5.97 Å². The van der Waals surface area contributed by atoms with Gasteiger partial charge in [0.05, 0.1) is 12.2 Å². The van der Waals surface area contributed by atoms with E-state index in [1.54, 1.807) is 0 Å². The summed E-state index contributed by atoms with van der Waals surface area (Å²) < 4.78 is 6.21. The average molecular weight is 344 g/mol. The summed E-state index contributed by atoms with van der Waals surface area (Å²) in [6.45, 7) is 9.85. The van der Waals surface area contributed by atoms with Crippen LogP contribution in [0.15, 0.2) is 12.7 Å². The summed E-state index contributed by atoms with van der Waals surface area (Å²) in [4.78, 5) is 9.45. The van der Waals surface area contributed by atoms with E-state index < -0.39 is 12.1 Å². The molecule has 0 saturated carbocycles. The first-order valence-electron chi connectivity index (χ1n) is 9.02. The number of nitrogens with one attached hydrogen (secondary N) is 1. The molecule has 1 aliphatic heterocycles. The Kier molecular flexibility index (Phi) is 12.8. The number of unbranched alkanes of at least 4 members (excludes halogenated alkanes) is 2. The second-order valence-corrected chi connectivity index (χ2v) is 6.31. The van der Waals surface area contributed by atoms with Crippen molar-refractivity contribution in [2.24, 2.45) is 5.73 Å². The van der Waals surface area contributed by atoms with Crippen LogP contribution in [0.4, 0.5) is 0 Å². The van der Waals surface area contributed by atoms with Crippen LogP contribution in [0.25, 0.3) is 0 Å². The standard InChI is InChI=1S/C15H30N2O.C3H6O3/c1-3-5-6-9-15(10-7-11-16)14(8-4-2)17-12-13-18-15;1-2(4)3(5)6/h4,14,17H,2-3,5-13,16H2,1H3;2,4H,1H3,(H,5,6). The number of nitrogens with two attached hydrogens (primary N) is 1. The Morgan fingerprint density at radius 1 is 1.46 bits per heavy atom. The third kappa shape index (κ3) is 8.78. The number of carboxylic acids is 1. The lowest BCUT2D eigenvalue weighted by atomic mass is 9.81. The Morgan fingerprint density at radius 3 is 2.58 bits per heavy atom. The van der Waals surface area contributed by atoms with Crippen LogP contribution in [-0.2, 0) is 9.53 Å². The van der Waals surface area contributed by atoms with Crippen LogP contribution in [0, 0.1) is 0 Å². The summed E-state index contributed by atoms with van der Waals surface area (Å²) >= 11 is 0. The van der Waals surface area contributed by atoms with Gasteiger partial charge in [-0.3, -0.25) is 0 Å². The lowest BCUT2D eigenvalue weighted by molar-refractivity contribution is -0.145. The number of aliphatic hydroxyl groups excluding tert-OH is 1. The summed E-state index contributed by atoms with van der Waals surface area (Å²) in [5, 5.41) is 19.4. The molecular weight excluding hydrogens is 308 g/mol. The van der Waals surface area contributed by atoms with E-state index >= 15 is 0 Å². The van der Waals surface area contributed by atoms with Gasteiger partial charge in [0, 0.05) is 12.6 Å². The monoisotopic (exact) mass is 344 g/mol. The summed E-state index contributed by atoms with van der Waals surface area (Å²) in [7, 11) is 0. The van der Waals surface area contributed by atoms with Crippen molar-refractivity contribution in [3.8, 4) is 0 Å². The van der Waals surface area contributed by atoms with E-state index in [9.17, 15) is 4.79 Å². The molecule has 142 valence electrons. The quantitative estimate of drug-likeness (QED) is 0.357. The van der Waals surface area contributed by atoms with Crippen molar-refractivity contribution in [3.63, 3.8) is 0 Å². The SMILES string of the molecule is C=CCC1NCCOC1(CCCN)CCCCC.CC(O)C(=O)O. The van der Waals surface area contributed by atoms with Crippen LogP contribution in [0.1, 0.15) is 58.8 Å². The molecule has 1 saturated heterocycles. The molecule has 1 heterocycles. The van der Waals surface area contributed by atoms with Crippen LogP contribution < -0.4 is 11.1 Å². The number of hydrogen-bond acceptors (Lipinski definition) is 5. The van der Waals surface area contributed by atoms with E-state index in [0.29, 0.717) is 6.04 Å². The zero-order chi connectivity index (χ0) is 18.4. The van der Waals surface area contributed by atoms with Gasteiger partial charge in [0.2, 0.25) is 0 Å². The van der Waals surface area contributed by atoms with Crippen LogP contribution in [0.3, 0.4) is 0 Å². The molecule has 1 fully saturated rings. The molecule has 3 unspecified atom stereocenters. The van der Waals surface area contributed by atoms with Gasteiger partial charge in [-0.1, -0.05) is 32.3 Å². The van der Waals surface area contributed by atoms with E-state index in [4.69, 9.17) is 20.7 Å². The number of ether oxygens (including phenoxy) is 1. The van der Waals surface area contributed by atoms with Crippen LogP contribution in [0.5, 0.6) is 0 Å². The lowest BCUT2D eigenvalue weighted by Gasteiger charge is -2.45. The van der Waals surface area contributed by atoms with E-state index in [0.717, 1.165) is 45.4 Å². The molecule has 0 amide bonds. The van der Waals surface area contributed by atoms with Crippen molar-refractivity contribution >= 4 is 5.97 Å². The van der Waals surface area contributed by atoms with Crippen LogP contribution in [-0.4, -0.2) is 53.6 Å². The van der Waals surface area contributed by atoms with Crippen molar-refractivity contribution in [2.45, 2.75) is 76.5 Å². The fourth-order valence-electron chi connectivity index (χ4n) is 2.93. The Morgan fingerprint density at radius 2 is 2.08 bits per heavy atom. The first-order chi connectivity index (χ1) is 11.4. The molecule has 0 radical (unpaired) electrons. The average Bonchev–Trinajstić information content (AvgIpc) is 2.56. The molecule has 0 aromatic heterocycles. The minimum Gasteiger partial charge on any atom is -0.479 e. The molecule has 0 aromatic rings. The van der Waals surface area contributed by atoms with Gasteiger partial charge in [0.25, 0.3) is 0 Å². The molecule has 0 bridgehead atoms. The van der Waals surface area contributed by atoms with E-state index in [1.807, 2.05) is 6.08 Å². The number of hydrogen-bond donors (Lipinski definition) is 4. The van der Waals surface area contributed by atoms with Gasteiger partial charge in [-0.15, -0.1) is 6.58 Å². The predicted octanol–water partition coefficient (Wildman–Crippen LogP) is 2.06. The van der Waals surface area contributed by atoms with Gasteiger partial charge in [-0.25, -0.2) is 4.79 Å². The Labute approximate surface area is 146 Å². The van der Waals surface area contributed by atoms with Gasteiger partial charge in [-0.05, 0) is 39.2 Å². The van der Waals surface area contributed by atoms with Crippen molar-refractivity contribution in [1.82, 2.24) is 5.32 Å². The van der Waals surface area contributed by atoms with E-state index in [1.165, 1.54) is 26.2 Å². The third-order valence-electron chi connectivity index (χ3n) is 4.28. The molecule has 6 heteroatoms. The highest BCUT2D eigenvalue weighted by Crippen LogP contribution is 2.32. The van der Waals surface area contributed by atoms with E-state index in [-0.39, 0.29) is 5.60 Å². The van der Waals surface area contributed by atoms with Gasteiger partial charge in [0.15, 0.2) is 0 Å². The Bertz CT molecular complexity index is 350. The molecule has 24 heavy (non-hydrogen) atoms. The largest absolute Gasteiger partial charge is 0.479 e. The summed E-state index contributed by atoms with van der Waals surface area (Å²) in [6, 6.07) is 0.409. The first-order valence-corrected chi connectivity index (χ1v) is 9.02. The zero-order valence-corrected chi connectivity index (χ0v) is 15.3. The number of morpholine rings is 1. The number of carbonyl (C=O) groups is 1. The van der Waals surface area contributed by atoms with Gasteiger partial charge in [0.1, 0.15) is 6.10 Å². The zero-order valence-electron chi connectivity index (χ0n) is 15.3. The maximum absolute atomic E-state index is 9.45. The smallest absolute Gasteiger partial charge is 0.332 e. The summed E-state index contributed by atoms with van der Waals surface area (Å²) in [5.74, 6) is -1.19. The highest BCUT2D eigenvalue weighted by Gasteiger charge is 2.40. The highest BCUT2D eigenvalue weighted by atomic mass is 16.5. The van der Waals surface area contributed by atoms with Crippen molar-refractivity contribution in [3.05, 3.63) is 12.7 Å². The van der Waals surface area contributed by atoms with E-state index in [2.05, 4.69) is 18.8 Å². The highest BCUT2D eigenvalue weighted by molar-refractivity contribution is 5.71. The topological polar surface area (TPSA) is 105 Å². The summed E-state index contributed by atoms with van der Waals surface area (Å²) in [6.07, 6.45) is 8.80. The minimum atomic E-state index is -1.23. The minimum absolute atomic E-state index is 0.0129. The van der Waals surface area contributed by atoms with Crippen LogP contribution >= 0.6 is 0 Å². The maximum atomic E-state index is 9.45. The Hall–Kier alpha value is -0.950. The second-order valence-electron chi connectivity index (χ2n) is 6.31. The molecule has 0 spiro atoms. The van der Waals surface area contributed by atoms with Gasteiger partial charge in [-0.2, -0.15) is 0 Å². The third-order valence-corrected chi connectivity index (χ3v) is 4.28. The molecule has 0 aromatic carbocycles. The van der Waals surface area contributed by atoms with Gasteiger partial charge < -0.3 is 26.0 Å². The number of aliphatic hydroxyl groups is 1. The number of rotatable bonds is 10. The number of carboxylic acid groups (broad SMARTS) is 1. The maximum Gasteiger partial charge on any atom is 0.332 e. The van der Waals surface area contributed by atoms with Crippen molar-refractivity contribution in [2.75, 3.05) is 19.7 Å². The normalized spacial score (nSPS) is 24.6. The second kappa shape index (κ2) is 13.4. The lowest BCUT2D eigenvalue weighted by Crippen LogP contribution is -2.58. The first kappa shape index (κ1) is 23.1. The molecular formula is C18H36N2O4. The Balaban J connectivity index is 0.000000754. The fourth-order valence-corrected chi connectivity index (χ4v) is 2.93. The molecule has 6 nitrogen and oxygen atoms in total. The molecule has 1 rings (SSSR count). The molecule has 3 atom stereocenters. The van der Waals surface area contributed by atoms with Crippen molar-refractivity contribution in [1.29, 1.82) is 0 Å². The molecule has 1 aliphatic rings. The predicted molar refractivity (Wildman–Crippen MR) is 97.0 cm³/mol. The molecule has 5 N–H and O–H groups in total. The van der Waals surface area contributed by atoms with Crippen molar-refractivity contribution < 1.29 is 19.7 Å². The molecule has 0 aliphatic carbocycles. The van der Waals surface area contributed by atoms with Crippen LogP contribution in [0.2, 0.25) is 0 Å². The fraction of sp³-hybridized carbons (Fsp3) is 0.833.